The zero-order chi connectivity index (χ0) is 12.7. The van der Waals surface area contributed by atoms with Crippen molar-refractivity contribution in [2.24, 2.45) is 11.8 Å². The first-order valence-electron chi connectivity index (χ1n) is 7.19. The van der Waals surface area contributed by atoms with Gasteiger partial charge < -0.3 is 14.6 Å². The van der Waals surface area contributed by atoms with Crippen LogP contribution >= 0.6 is 0 Å². The summed E-state index contributed by atoms with van der Waals surface area (Å²) < 4.78 is 5.46. The summed E-state index contributed by atoms with van der Waals surface area (Å²) in [4.78, 5) is 6.95. The molecule has 4 rings (SSSR count). The minimum absolute atomic E-state index is 0.835. The van der Waals surface area contributed by atoms with E-state index in [9.17, 15) is 0 Å². The number of aromatic nitrogens is 1. The summed E-state index contributed by atoms with van der Waals surface area (Å²) >= 11 is 0. The Kier molecular flexibility index (Phi) is 2.69. The first-order valence-corrected chi connectivity index (χ1v) is 7.19. The lowest BCUT2D eigenvalue weighted by Crippen LogP contribution is -2.48. The van der Waals surface area contributed by atoms with Crippen molar-refractivity contribution in [3.05, 3.63) is 24.6 Å². The van der Waals surface area contributed by atoms with Gasteiger partial charge in [0, 0.05) is 25.2 Å². The van der Waals surface area contributed by atoms with Gasteiger partial charge >= 0.3 is 0 Å². The molecule has 100 valence electrons. The van der Waals surface area contributed by atoms with Gasteiger partial charge in [0.15, 0.2) is 5.58 Å². The smallest absolute Gasteiger partial charge is 0.154 e. The van der Waals surface area contributed by atoms with Crippen LogP contribution in [0.1, 0.15) is 12.8 Å². The van der Waals surface area contributed by atoms with E-state index < -0.39 is 0 Å². The molecule has 2 unspecified atom stereocenters. The molecule has 19 heavy (non-hydrogen) atoms. The number of piperidine rings is 2. The zero-order valence-corrected chi connectivity index (χ0v) is 11.0. The number of furan rings is 1. The van der Waals surface area contributed by atoms with Gasteiger partial charge in [-0.3, -0.25) is 4.98 Å². The fourth-order valence-electron chi connectivity index (χ4n) is 3.50. The van der Waals surface area contributed by atoms with Crippen molar-refractivity contribution < 1.29 is 4.42 Å². The number of fused-ring (bicyclic) bond motifs is 2. The van der Waals surface area contributed by atoms with Crippen molar-refractivity contribution >= 4 is 16.8 Å². The van der Waals surface area contributed by atoms with Gasteiger partial charge in [0.25, 0.3) is 0 Å². The quantitative estimate of drug-likeness (QED) is 0.851. The molecule has 4 heteroatoms. The van der Waals surface area contributed by atoms with E-state index in [-0.39, 0.29) is 0 Å². The Hall–Kier alpha value is -1.55. The minimum Gasteiger partial charge on any atom is -0.463 e. The number of rotatable bonds is 1. The normalized spacial score (nSPS) is 27.5. The fourth-order valence-corrected chi connectivity index (χ4v) is 3.50. The second-order valence-corrected chi connectivity index (χ2v) is 5.75. The average molecular weight is 257 g/mol. The molecule has 4 heterocycles. The number of hydrogen-bond donors (Lipinski definition) is 1. The highest BCUT2D eigenvalue weighted by Crippen LogP contribution is 2.31. The lowest BCUT2D eigenvalue weighted by atomic mass is 9.81. The van der Waals surface area contributed by atoms with Gasteiger partial charge in [-0.05, 0) is 37.8 Å². The van der Waals surface area contributed by atoms with Crippen molar-refractivity contribution in [3.63, 3.8) is 0 Å². The topological polar surface area (TPSA) is 41.3 Å². The molecule has 2 atom stereocenters. The highest BCUT2D eigenvalue weighted by atomic mass is 16.3. The molecule has 1 N–H and O–H groups in total. The molecule has 2 aliphatic rings. The molecular weight excluding hydrogens is 238 g/mol. The molecule has 2 aromatic rings. The van der Waals surface area contributed by atoms with Crippen molar-refractivity contribution in [1.29, 1.82) is 0 Å². The van der Waals surface area contributed by atoms with E-state index in [1.807, 2.05) is 12.3 Å². The summed E-state index contributed by atoms with van der Waals surface area (Å²) in [6.07, 6.45) is 6.28. The van der Waals surface area contributed by atoms with Gasteiger partial charge in [-0.1, -0.05) is 0 Å². The molecule has 0 radical (unpaired) electrons. The highest BCUT2D eigenvalue weighted by Gasteiger charge is 2.31. The molecular formula is C15H19N3O. The van der Waals surface area contributed by atoms with E-state index in [0.29, 0.717) is 0 Å². The van der Waals surface area contributed by atoms with Crippen LogP contribution in [-0.2, 0) is 0 Å². The average Bonchev–Trinajstić information content (AvgIpc) is 2.94. The molecule has 2 aliphatic heterocycles. The predicted octanol–water partition coefficient (Wildman–Crippen LogP) is 2.26. The summed E-state index contributed by atoms with van der Waals surface area (Å²) in [5.74, 6) is 1.70. The van der Waals surface area contributed by atoms with Crippen LogP contribution in [0, 0.1) is 11.8 Å². The van der Waals surface area contributed by atoms with E-state index in [2.05, 4.69) is 21.3 Å². The summed E-state index contributed by atoms with van der Waals surface area (Å²) in [7, 11) is 0. The molecule has 4 nitrogen and oxygen atoms in total. The minimum atomic E-state index is 0.835. The molecule has 0 saturated carbocycles. The lowest BCUT2D eigenvalue weighted by Gasteiger charge is -2.42. The molecule has 2 aromatic heterocycles. The van der Waals surface area contributed by atoms with Crippen LogP contribution < -0.4 is 10.2 Å². The zero-order valence-electron chi connectivity index (χ0n) is 11.0. The lowest BCUT2D eigenvalue weighted by molar-refractivity contribution is 0.218. The maximum atomic E-state index is 5.46. The predicted molar refractivity (Wildman–Crippen MR) is 75.3 cm³/mol. The molecule has 0 aliphatic carbocycles. The van der Waals surface area contributed by atoms with Gasteiger partial charge in [-0.25, -0.2) is 0 Å². The third-order valence-corrected chi connectivity index (χ3v) is 4.64. The van der Waals surface area contributed by atoms with Crippen LogP contribution in [0.4, 0.5) is 5.69 Å². The Labute approximate surface area is 112 Å². The van der Waals surface area contributed by atoms with Crippen molar-refractivity contribution in [3.8, 4) is 0 Å². The van der Waals surface area contributed by atoms with Gasteiger partial charge in [0.05, 0.1) is 18.1 Å². The van der Waals surface area contributed by atoms with E-state index in [4.69, 9.17) is 4.42 Å². The Morgan fingerprint density at radius 3 is 3.32 bits per heavy atom. The van der Waals surface area contributed by atoms with Gasteiger partial charge in [-0.2, -0.15) is 0 Å². The second kappa shape index (κ2) is 4.53. The molecule has 0 bridgehead atoms. The number of pyridine rings is 1. The van der Waals surface area contributed by atoms with Crippen LogP contribution in [0.2, 0.25) is 0 Å². The first-order chi connectivity index (χ1) is 9.40. The molecule has 2 fully saturated rings. The summed E-state index contributed by atoms with van der Waals surface area (Å²) in [5.41, 5.74) is 3.05. The maximum absolute atomic E-state index is 5.46. The Balaban J connectivity index is 1.58. The van der Waals surface area contributed by atoms with Crippen molar-refractivity contribution in [2.45, 2.75) is 12.8 Å². The van der Waals surface area contributed by atoms with Gasteiger partial charge in [-0.15, -0.1) is 0 Å². The summed E-state index contributed by atoms with van der Waals surface area (Å²) in [6.45, 7) is 4.68. The third-order valence-electron chi connectivity index (χ3n) is 4.64. The summed E-state index contributed by atoms with van der Waals surface area (Å²) in [6, 6.07) is 4.04. The van der Waals surface area contributed by atoms with Crippen LogP contribution in [0.15, 0.2) is 29.0 Å². The van der Waals surface area contributed by atoms with E-state index >= 15 is 0 Å². The fraction of sp³-hybridized carbons (Fsp3) is 0.533. The van der Waals surface area contributed by atoms with Crippen molar-refractivity contribution in [1.82, 2.24) is 10.3 Å². The Morgan fingerprint density at radius 2 is 2.32 bits per heavy atom. The SMILES string of the molecule is c1cc2ncc(N3CCC4CNCCC4C3)cc2o1. The molecule has 0 amide bonds. The third kappa shape index (κ3) is 2.00. The van der Waals surface area contributed by atoms with E-state index in [1.54, 1.807) is 6.26 Å². The number of nitrogens with zero attached hydrogens (tertiary/aromatic N) is 2. The number of nitrogens with one attached hydrogen (secondary N) is 1. The monoisotopic (exact) mass is 257 g/mol. The number of anilines is 1. The van der Waals surface area contributed by atoms with Gasteiger partial charge in [0.2, 0.25) is 0 Å². The molecule has 2 saturated heterocycles. The molecule has 0 aromatic carbocycles. The first kappa shape index (κ1) is 11.3. The van der Waals surface area contributed by atoms with Crippen LogP contribution in [0.5, 0.6) is 0 Å². The van der Waals surface area contributed by atoms with E-state index in [1.165, 1.54) is 38.2 Å². The standard InChI is InChI=1S/C15H19N3O/c1-4-16-8-11-2-5-18(10-12(1)11)13-7-15-14(17-9-13)3-6-19-15/h3,6-7,9,11-12,16H,1-2,4-5,8,10H2. The van der Waals surface area contributed by atoms with E-state index in [0.717, 1.165) is 29.5 Å². The van der Waals surface area contributed by atoms with Gasteiger partial charge in [0.1, 0.15) is 5.52 Å². The Morgan fingerprint density at radius 1 is 1.32 bits per heavy atom. The Bertz CT molecular complexity index is 580. The highest BCUT2D eigenvalue weighted by molar-refractivity contribution is 5.76. The second-order valence-electron chi connectivity index (χ2n) is 5.75. The van der Waals surface area contributed by atoms with Crippen LogP contribution in [0.25, 0.3) is 11.1 Å². The van der Waals surface area contributed by atoms with Crippen molar-refractivity contribution in [2.75, 3.05) is 31.1 Å². The van der Waals surface area contributed by atoms with Crippen LogP contribution in [-0.4, -0.2) is 31.2 Å². The molecule has 0 spiro atoms. The summed E-state index contributed by atoms with van der Waals surface area (Å²) in [5, 5.41) is 3.51. The number of hydrogen-bond acceptors (Lipinski definition) is 4. The van der Waals surface area contributed by atoms with Crippen LogP contribution in [0.3, 0.4) is 0 Å². The maximum Gasteiger partial charge on any atom is 0.154 e. The largest absolute Gasteiger partial charge is 0.463 e.